The van der Waals surface area contributed by atoms with Gasteiger partial charge in [0.2, 0.25) is 5.71 Å². The number of benzene rings is 6. The molecule has 0 aliphatic heterocycles. The van der Waals surface area contributed by atoms with Crippen molar-refractivity contribution >= 4 is 49.6 Å². The van der Waals surface area contributed by atoms with Crippen molar-refractivity contribution in [3.8, 4) is 33.8 Å². The monoisotopic (exact) mass is 802 g/mol. The summed E-state index contributed by atoms with van der Waals surface area (Å²) in [6.45, 7) is 0. The average molecular weight is 803 g/mol. The third-order valence-electron chi connectivity index (χ3n) is 16.0. The molecule has 2 spiro atoms. The molecule has 3 aromatic heterocycles. The van der Waals surface area contributed by atoms with Crippen molar-refractivity contribution in [1.29, 1.82) is 0 Å². The van der Waals surface area contributed by atoms with Crippen molar-refractivity contribution < 1.29 is 8.83 Å². The smallest absolute Gasteiger partial charge is 0.231 e. The normalized spacial score (nSPS) is 20.7. The van der Waals surface area contributed by atoms with Crippen LogP contribution in [0.1, 0.15) is 92.4 Å². The Bertz CT molecular complexity index is 3390. The van der Waals surface area contributed by atoms with E-state index in [0.29, 0.717) is 23.4 Å². The van der Waals surface area contributed by atoms with Crippen molar-refractivity contribution in [1.82, 2.24) is 9.97 Å². The summed E-state index contributed by atoms with van der Waals surface area (Å²) in [7, 11) is 0. The van der Waals surface area contributed by atoms with Gasteiger partial charge in [-0.15, -0.1) is 0 Å². The van der Waals surface area contributed by atoms with Gasteiger partial charge in [-0.25, -0.2) is 4.98 Å². The van der Waals surface area contributed by atoms with Gasteiger partial charge in [0.25, 0.3) is 0 Å². The van der Waals surface area contributed by atoms with Gasteiger partial charge in [-0.3, -0.25) is 0 Å². The lowest BCUT2D eigenvalue weighted by Gasteiger charge is -2.43. The van der Waals surface area contributed by atoms with Gasteiger partial charge in [0.15, 0.2) is 5.82 Å². The summed E-state index contributed by atoms with van der Waals surface area (Å²) in [6.07, 6.45) is 18.6. The summed E-state index contributed by atoms with van der Waals surface area (Å²) in [5.41, 5.74) is 18.1. The van der Waals surface area contributed by atoms with Crippen molar-refractivity contribution in [3.63, 3.8) is 0 Å². The summed E-state index contributed by atoms with van der Waals surface area (Å²) >= 11 is 0. The third-order valence-corrected chi connectivity index (χ3v) is 16.0. The van der Waals surface area contributed by atoms with E-state index in [0.717, 1.165) is 55.1 Å². The summed E-state index contributed by atoms with van der Waals surface area (Å²) in [5, 5.41) is 4.11. The van der Waals surface area contributed by atoms with Gasteiger partial charge in [-0.1, -0.05) is 160 Å². The average Bonchev–Trinajstić information content (AvgIpc) is 4.05. The fourth-order valence-corrected chi connectivity index (χ4v) is 13.4. The highest BCUT2D eigenvalue weighted by atomic mass is 16.3. The maximum atomic E-state index is 6.82. The first-order valence-corrected chi connectivity index (χ1v) is 23.1. The van der Waals surface area contributed by atoms with Crippen LogP contribution in [-0.2, 0) is 10.8 Å². The molecule has 0 N–H and O–H groups in total. The molecule has 9 aromatic rings. The Morgan fingerprint density at radius 1 is 0.532 bits per heavy atom. The lowest BCUT2D eigenvalue weighted by molar-refractivity contribution is 0.232. The van der Waals surface area contributed by atoms with Crippen LogP contribution in [0.25, 0.3) is 83.4 Å². The molecule has 0 radical (unpaired) electrons. The number of allylic oxidation sites excluding steroid dienone is 4. The van der Waals surface area contributed by atoms with Crippen molar-refractivity contribution in [2.75, 3.05) is 0 Å². The number of nitrogens with zero attached hydrogens (tertiary/aromatic N) is 2. The minimum absolute atomic E-state index is 0.0819. The maximum Gasteiger partial charge on any atom is 0.231 e. The molecule has 5 aliphatic rings. The predicted octanol–water partition coefficient (Wildman–Crippen LogP) is 15.4. The van der Waals surface area contributed by atoms with Crippen LogP contribution in [0, 0.1) is 5.92 Å². The highest BCUT2D eigenvalue weighted by molar-refractivity contribution is 6.13. The van der Waals surface area contributed by atoms with Crippen molar-refractivity contribution in [2.45, 2.75) is 81.0 Å². The molecule has 2 fully saturated rings. The van der Waals surface area contributed by atoms with Crippen LogP contribution in [0.2, 0.25) is 0 Å². The second-order valence-electron chi connectivity index (χ2n) is 18.9. The standard InChI is InChI=1S/C58H46N2O2/c1-4-16-35(17-5-1)53-52-40-19-7-9-25-49(40)62-56(52)60-55(59-53)41-22-14-21-39-43-32-36(26-27-50(43)61-54(39)41)37-20-15-24-46-51(37)44-34-47-42(33-48(44)58(46)30-12-3-13-31-58)38-18-6-8-23-45(38)57(47)28-10-2-11-29-57/h1,4-9,14-27,32-34,42,47H,2-3,10-13,28-31H2. The Balaban J connectivity index is 0.940. The van der Waals surface area contributed by atoms with E-state index in [1.54, 1.807) is 22.3 Å². The largest absolute Gasteiger partial charge is 0.455 e. The summed E-state index contributed by atoms with van der Waals surface area (Å²) in [4.78, 5) is 10.4. The number of hydrogen-bond donors (Lipinski definition) is 0. The van der Waals surface area contributed by atoms with Gasteiger partial charge < -0.3 is 8.83 Å². The van der Waals surface area contributed by atoms with Crippen LogP contribution >= 0.6 is 0 Å². The quantitative estimate of drug-likeness (QED) is 0.179. The zero-order chi connectivity index (χ0) is 40.6. The van der Waals surface area contributed by atoms with E-state index in [-0.39, 0.29) is 10.8 Å². The van der Waals surface area contributed by atoms with E-state index < -0.39 is 0 Å². The Hall–Kier alpha value is -6.52. The van der Waals surface area contributed by atoms with E-state index in [9.17, 15) is 0 Å². The first-order valence-electron chi connectivity index (χ1n) is 23.1. The molecule has 0 saturated heterocycles. The maximum absolute atomic E-state index is 6.82. The zero-order valence-electron chi connectivity index (χ0n) is 34.8. The molecule has 4 heteroatoms. The first-order chi connectivity index (χ1) is 30.7. The van der Waals surface area contributed by atoms with E-state index in [1.165, 1.54) is 86.5 Å². The molecule has 62 heavy (non-hydrogen) atoms. The highest BCUT2D eigenvalue weighted by Crippen LogP contribution is 2.66. The van der Waals surface area contributed by atoms with Gasteiger partial charge in [0.1, 0.15) is 16.7 Å². The van der Waals surface area contributed by atoms with E-state index in [4.69, 9.17) is 18.8 Å². The summed E-state index contributed by atoms with van der Waals surface area (Å²) < 4.78 is 13.2. The number of aromatic nitrogens is 2. The van der Waals surface area contributed by atoms with Crippen molar-refractivity contribution in [3.05, 3.63) is 173 Å². The van der Waals surface area contributed by atoms with Crippen LogP contribution in [0.5, 0.6) is 0 Å². The van der Waals surface area contributed by atoms with Gasteiger partial charge in [-0.2, -0.15) is 4.98 Å². The molecule has 2 atom stereocenters. The van der Waals surface area contributed by atoms with Gasteiger partial charge in [0.05, 0.1) is 16.6 Å². The molecule has 300 valence electrons. The van der Waals surface area contributed by atoms with Crippen LogP contribution in [-0.4, -0.2) is 9.97 Å². The summed E-state index contributed by atoms with van der Waals surface area (Å²) in [5.74, 6) is 1.55. The number of hydrogen-bond acceptors (Lipinski definition) is 4. The molecule has 5 aliphatic carbocycles. The first kappa shape index (κ1) is 35.1. The van der Waals surface area contributed by atoms with Crippen molar-refractivity contribution in [2.24, 2.45) is 5.92 Å². The molecule has 4 nitrogen and oxygen atoms in total. The van der Waals surface area contributed by atoms with Gasteiger partial charge in [0, 0.05) is 38.5 Å². The molecular formula is C58H46N2O2. The second kappa shape index (κ2) is 13.0. The fraction of sp³-hybridized carbons (Fsp3) is 0.241. The predicted molar refractivity (Wildman–Crippen MR) is 251 cm³/mol. The Kier molecular flexibility index (Phi) is 7.36. The molecular weight excluding hydrogens is 757 g/mol. The lowest BCUT2D eigenvalue weighted by Crippen LogP contribution is -2.35. The summed E-state index contributed by atoms with van der Waals surface area (Å²) in [6, 6.07) is 48.5. The van der Waals surface area contributed by atoms with Crippen LogP contribution in [0.15, 0.2) is 160 Å². The fourth-order valence-electron chi connectivity index (χ4n) is 13.4. The number of furan rings is 2. The Morgan fingerprint density at radius 2 is 1.26 bits per heavy atom. The highest BCUT2D eigenvalue weighted by Gasteiger charge is 2.55. The van der Waals surface area contributed by atoms with Crippen LogP contribution in [0.3, 0.4) is 0 Å². The molecule has 2 saturated carbocycles. The SMILES string of the molecule is C1=C2C(=CC3c4ccccc4C4(CCCCC4)C13)C1(CCCCC1)c1cccc(-c3ccc4oc5c(-c6nc(-c7ccccc7)c7c(n6)oc6ccccc67)cccc5c4c3)c12. The van der Waals surface area contributed by atoms with Crippen LogP contribution in [0.4, 0.5) is 0 Å². The van der Waals surface area contributed by atoms with E-state index >= 15 is 0 Å². The Morgan fingerprint density at radius 3 is 2.15 bits per heavy atom. The Labute approximate surface area is 361 Å². The topological polar surface area (TPSA) is 52.1 Å². The minimum Gasteiger partial charge on any atom is -0.455 e. The minimum atomic E-state index is 0.0819. The number of para-hydroxylation sites is 2. The molecule has 0 amide bonds. The third kappa shape index (κ3) is 4.73. The van der Waals surface area contributed by atoms with Gasteiger partial charge in [-0.05, 0) is 100 Å². The molecule has 14 rings (SSSR count). The lowest BCUT2D eigenvalue weighted by atomic mass is 9.61. The van der Waals surface area contributed by atoms with Crippen LogP contribution < -0.4 is 0 Å². The second-order valence-corrected chi connectivity index (χ2v) is 18.9. The molecule has 6 aromatic carbocycles. The molecule has 0 bridgehead atoms. The zero-order valence-corrected chi connectivity index (χ0v) is 34.8. The molecule has 2 unspecified atom stereocenters. The molecule has 3 heterocycles. The van der Waals surface area contributed by atoms with E-state index in [1.807, 2.05) is 24.3 Å². The number of fused-ring (bicyclic) bond motifs is 16. The van der Waals surface area contributed by atoms with E-state index in [2.05, 4.69) is 121 Å². The number of rotatable bonds is 3. The van der Waals surface area contributed by atoms with Gasteiger partial charge >= 0.3 is 0 Å².